The standard InChI is InChI=1S/C16H23NO2S/c17-16(15-6-1-2-11-20(15,18)19)14-9-7-13(8-10-14)12-4-3-5-12/h7-10,12,15-16H,1-6,11,17H2. The Morgan fingerprint density at radius 1 is 1.00 bits per heavy atom. The lowest BCUT2D eigenvalue weighted by molar-refractivity contribution is 0.419. The van der Waals surface area contributed by atoms with E-state index in [0.29, 0.717) is 18.1 Å². The molecule has 20 heavy (non-hydrogen) atoms. The van der Waals surface area contributed by atoms with Crippen molar-refractivity contribution in [3.05, 3.63) is 35.4 Å². The first-order valence-corrected chi connectivity index (χ1v) is 9.36. The number of hydrogen-bond acceptors (Lipinski definition) is 3. The van der Waals surface area contributed by atoms with Crippen molar-refractivity contribution in [1.29, 1.82) is 0 Å². The first kappa shape index (κ1) is 14.1. The highest BCUT2D eigenvalue weighted by Crippen LogP contribution is 2.37. The first-order valence-electron chi connectivity index (χ1n) is 7.65. The van der Waals surface area contributed by atoms with E-state index in [1.54, 1.807) is 0 Å². The van der Waals surface area contributed by atoms with E-state index < -0.39 is 15.1 Å². The van der Waals surface area contributed by atoms with Crippen LogP contribution < -0.4 is 5.73 Å². The van der Waals surface area contributed by atoms with Crippen LogP contribution in [-0.4, -0.2) is 19.4 Å². The molecule has 3 rings (SSSR count). The summed E-state index contributed by atoms with van der Waals surface area (Å²) in [6.07, 6.45) is 6.34. The predicted molar refractivity (Wildman–Crippen MR) is 81.4 cm³/mol. The third kappa shape index (κ3) is 2.63. The summed E-state index contributed by atoms with van der Waals surface area (Å²) < 4.78 is 24.3. The normalized spacial score (nSPS) is 27.8. The highest BCUT2D eigenvalue weighted by Gasteiger charge is 2.34. The molecule has 2 atom stereocenters. The van der Waals surface area contributed by atoms with Crippen LogP contribution in [-0.2, 0) is 9.84 Å². The Morgan fingerprint density at radius 2 is 1.70 bits per heavy atom. The van der Waals surface area contributed by atoms with Gasteiger partial charge in [-0.3, -0.25) is 0 Å². The maximum absolute atomic E-state index is 12.1. The molecule has 1 saturated heterocycles. The molecule has 0 aromatic heterocycles. The fourth-order valence-electron chi connectivity index (χ4n) is 3.33. The molecule has 1 aromatic carbocycles. The molecule has 0 radical (unpaired) electrons. The van der Waals surface area contributed by atoms with Gasteiger partial charge in [-0.15, -0.1) is 0 Å². The molecule has 1 aliphatic heterocycles. The molecular formula is C16H23NO2S. The molecule has 2 unspecified atom stereocenters. The van der Waals surface area contributed by atoms with Crippen molar-refractivity contribution in [3.8, 4) is 0 Å². The SMILES string of the molecule is NC(c1ccc(C2CCC2)cc1)C1CCCCS1(=O)=O. The third-order valence-corrected chi connectivity index (χ3v) is 7.24. The van der Waals surface area contributed by atoms with Gasteiger partial charge in [-0.2, -0.15) is 0 Å². The minimum atomic E-state index is -3.02. The summed E-state index contributed by atoms with van der Waals surface area (Å²) in [5, 5.41) is -0.397. The second-order valence-electron chi connectivity index (χ2n) is 6.22. The van der Waals surface area contributed by atoms with Gasteiger partial charge in [-0.1, -0.05) is 37.1 Å². The van der Waals surface area contributed by atoms with Crippen molar-refractivity contribution in [2.24, 2.45) is 5.73 Å². The Labute approximate surface area is 121 Å². The van der Waals surface area contributed by atoms with Gasteiger partial charge < -0.3 is 5.73 Å². The molecule has 4 heteroatoms. The van der Waals surface area contributed by atoms with Gasteiger partial charge in [-0.25, -0.2) is 8.42 Å². The third-order valence-electron chi connectivity index (χ3n) is 4.93. The van der Waals surface area contributed by atoms with Crippen molar-refractivity contribution < 1.29 is 8.42 Å². The minimum Gasteiger partial charge on any atom is -0.323 e. The van der Waals surface area contributed by atoms with Crippen molar-refractivity contribution in [2.45, 2.75) is 55.7 Å². The van der Waals surface area contributed by atoms with Crippen LogP contribution in [0.1, 0.15) is 61.6 Å². The van der Waals surface area contributed by atoms with Crippen LogP contribution in [0.25, 0.3) is 0 Å². The molecule has 2 N–H and O–H groups in total. The first-order chi connectivity index (χ1) is 9.58. The largest absolute Gasteiger partial charge is 0.323 e. The molecule has 1 saturated carbocycles. The lowest BCUT2D eigenvalue weighted by Gasteiger charge is -2.29. The lowest BCUT2D eigenvalue weighted by atomic mass is 9.80. The van der Waals surface area contributed by atoms with Crippen molar-refractivity contribution >= 4 is 9.84 Å². The Balaban J connectivity index is 1.77. The summed E-state index contributed by atoms with van der Waals surface area (Å²) in [5.41, 5.74) is 8.57. The topological polar surface area (TPSA) is 60.2 Å². The smallest absolute Gasteiger partial charge is 0.155 e. The van der Waals surface area contributed by atoms with Crippen LogP contribution in [0.2, 0.25) is 0 Å². The number of hydrogen-bond donors (Lipinski definition) is 1. The zero-order valence-corrected chi connectivity index (χ0v) is 12.6. The predicted octanol–water partition coefficient (Wildman–Crippen LogP) is 2.92. The fraction of sp³-hybridized carbons (Fsp3) is 0.625. The quantitative estimate of drug-likeness (QED) is 0.932. The lowest BCUT2D eigenvalue weighted by Crippen LogP contribution is -2.37. The van der Waals surface area contributed by atoms with Crippen molar-refractivity contribution in [3.63, 3.8) is 0 Å². The summed E-state index contributed by atoms with van der Waals surface area (Å²) in [6.45, 7) is 0. The van der Waals surface area contributed by atoms with Crippen molar-refractivity contribution in [2.75, 3.05) is 5.75 Å². The van der Waals surface area contributed by atoms with E-state index in [-0.39, 0.29) is 6.04 Å². The molecule has 0 bridgehead atoms. The second-order valence-corrected chi connectivity index (χ2v) is 8.56. The van der Waals surface area contributed by atoms with E-state index in [0.717, 1.165) is 18.4 Å². The molecule has 1 aromatic rings. The zero-order valence-electron chi connectivity index (χ0n) is 11.8. The van der Waals surface area contributed by atoms with Gasteiger partial charge in [0.05, 0.1) is 11.0 Å². The summed E-state index contributed by atoms with van der Waals surface area (Å²) in [6, 6.07) is 7.95. The van der Waals surface area contributed by atoms with E-state index >= 15 is 0 Å². The Kier molecular flexibility index (Phi) is 3.87. The average molecular weight is 293 g/mol. The fourth-order valence-corrected chi connectivity index (χ4v) is 5.37. The summed E-state index contributed by atoms with van der Waals surface area (Å²) in [4.78, 5) is 0. The number of rotatable bonds is 3. The van der Waals surface area contributed by atoms with E-state index in [2.05, 4.69) is 12.1 Å². The molecular weight excluding hydrogens is 270 g/mol. The van der Waals surface area contributed by atoms with Crippen LogP contribution in [0.3, 0.4) is 0 Å². The molecule has 1 aliphatic carbocycles. The maximum atomic E-state index is 12.1. The highest BCUT2D eigenvalue weighted by molar-refractivity contribution is 7.92. The Morgan fingerprint density at radius 3 is 2.25 bits per heavy atom. The average Bonchev–Trinajstić information content (AvgIpc) is 2.36. The summed E-state index contributed by atoms with van der Waals surface area (Å²) in [7, 11) is -3.02. The zero-order chi connectivity index (χ0) is 14.2. The maximum Gasteiger partial charge on any atom is 0.155 e. The highest BCUT2D eigenvalue weighted by atomic mass is 32.2. The second kappa shape index (κ2) is 5.49. The molecule has 2 aliphatic rings. The van der Waals surface area contributed by atoms with Crippen LogP contribution >= 0.6 is 0 Å². The van der Waals surface area contributed by atoms with Gasteiger partial charge in [0, 0.05) is 6.04 Å². The summed E-state index contributed by atoms with van der Waals surface area (Å²) >= 11 is 0. The number of benzene rings is 1. The van der Waals surface area contributed by atoms with Gasteiger partial charge in [0.2, 0.25) is 0 Å². The molecule has 1 heterocycles. The van der Waals surface area contributed by atoms with Gasteiger partial charge in [0.25, 0.3) is 0 Å². The molecule has 0 spiro atoms. The van der Waals surface area contributed by atoms with Gasteiger partial charge >= 0.3 is 0 Å². The number of nitrogens with two attached hydrogens (primary N) is 1. The molecule has 3 nitrogen and oxygen atoms in total. The molecule has 2 fully saturated rings. The van der Waals surface area contributed by atoms with Crippen LogP contribution in [0, 0.1) is 0 Å². The van der Waals surface area contributed by atoms with E-state index in [1.807, 2.05) is 12.1 Å². The van der Waals surface area contributed by atoms with Crippen LogP contribution in [0.4, 0.5) is 0 Å². The van der Waals surface area contributed by atoms with Crippen molar-refractivity contribution in [1.82, 2.24) is 0 Å². The Hall–Kier alpha value is -0.870. The number of sulfone groups is 1. The van der Waals surface area contributed by atoms with E-state index in [1.165, 1.54) is 24.8 Å². The van der Waals surface area contributed by atoms with Crippen LogP contribution in [0.5, 0.6) is 0 Å². The minimum absolute atomic E-state index is 0.297. The van der Waals surface area contributed by atoms with Gasteiger partial charge in [-0.05, 0) is 42.7 Å². The Bertz CT molecular complexity index is 561. The van der Waals surface area contributed by atoms with Crippen LogP contribution in [0.15, 0.2) is 24.3 Å². The van der Waals surface area contributed by atoms with Gasteiger partial charge in [0.15, 0.2) is 9.84 Å². The van der Waals surface area contributed by atoms with E-state index in [4.69, 9.17) is 5.73 Å². The monoisotopic (exact) mass is 293 g/mol. The summed E-state index contributed by atoms with van der Waals surface area (Å²) in [5.74, 6) is 1.00. The van der Waals surface area contributed by atoms with Gasteiger partial charge in [0.1, 0.15) is 0 Å². The molecule has 0 amide bonds. The molecule has 110 valence electrons. The van der Waals surface area contributed by atoms with E-state index in [9.17, 15) is 8.42 Å².